The zero-order chi connectivity index (χ0) is 19.6. The van der Waals surface area contributed by atoms with Gasteiger partial charge in [0.15, 0.2) is 5.96 Å². The van der Waals surface area contributed by atoms with Crippen LogP contribution in [0.25, 0.3) is 0 Å². The fraction of sp³-hybridized carbons (Fsp3) is 0.727. The summed E-state index contributed by atoms with van der Waals surface area (Å²) in [5, 5.41) is 6.84. The molecule has 29 heavy (non-hydrogen) atoms. The molecule has 3 rings (SSSR count). The van der Waals surface area contributed by atoms with Crippen molar-refractivity contribution in [3.05, 3.63) is 23.9 Å². The maximum absolute atomic E-state index is 4.74. The second kappa shape index (κ2) is 13.3. The van der Waals surface area contributed by atoms with E-state index >= 15 is 0 Å². The molecule has 2 fully saturated rings. The van der Waals surface area contributed by atoms with E-state index in [4.69, 9.17) is 4.99 Å². The molecule has 2 aliphatic rings. The molecule has 1 unspecified atom stereocenters. The Morgan fingerprint density at radius 2 is 1.93 bits per heavy atom. The third kappa shape index (κ3) is 7.92. The summed E-state index contributed by atoms with van der Waals surface area (Å²) in [5.74, 6) is 2.00. The molecule has 1 atom stereocenters. The summed E-state index contributed by atoms with van der Waals surface area (Å²) < 4.78 is 0. The van der Waals surface area contributed by atoms with E-state index in [0.717, 1.165) is 56.0 Å². The Morgan fingerprint density at radius 1 is 1.14 bits per heavy atom. The largest absolute Gasteiger partial charge is 0.357 e. The molecule has 0 aromatic carbocycles. The van der Waals surface area contributed by atoms with Gasteiger partial charge in [-0.25, -0.2) is 9.98 Å². The second-order valence-corrected chi connectivity index (χ2v) is 8.08. The molecule has 2 saturated heterocycles. The van der Waals surface area contributed by atoms with E-state index in [0.29, 0.717) is 6.54 Å². The molecule has 0 aliphatic carbocycles. The van der Waals surface area contributed by atoms with Crippen LogP contribution in [0.2, 0.25) is 0 Å². The van der Waals surface area contributed by atoms with Crippen molar-refractivity contribution in [3.63, 3.8) is 0 Å². The first-order valence-electron chi connectivity index (χ1n) is 11.2. The van der Waals surface area contributed by atoms with Crippen LogP contribution in [0.15, 0.2) is 23.3 Å². The van der Waals surface area contributed by atoms with Crippen molar-refractivity contribution in [2.45, 2.75) is 65.0 Å². The van der Waals surface area contributed by atoms with Gasteiger partial charge in [-0.1, -0.05) is 12.5 Å². The number of anilines is 1. The van der Waals surface area contributed by atoms with Crippen LogP contribution in [0, 0.1) is 0 Å². The first kappa shape index (κ1) is 24.2. The molecule has 0 spiro atoms. The highest BCUT2D eigenvalue weighted by atomic mass is 127. The van der Waals surface area contributed by atoms with Crippen LogP contribution in [0.4, 0.5) is 5.82 Å². The van der Waals surface area contributed by atoms with Crippen LogP contribution >= 0.6 is 24.0 Å². The molecule has 7 heteroatoms. The topological polar surface area (TPSA) is 55.8 Å². The van der Waals surface area contributed by atoms with Crippen molar-refractivity contribution >= 4 is 35.8 Å². The van der Waals surface area contributed by atoms with Gasteiger partial charge < -0.3 is 20.4 Å². The van der Waals surface area contributed by atoms with Crippen LogP contribution in [-0.2, 0) is 6.54 Å². The minimum Gasteiger partial charge on any atom is -0.357 e. The number of nitrogens with zero attached hydrogens (tertiary/aromatic N) is 4. The van der Waals surface area contributed by atoms with Crippen LogP contribution in [0.1, 0.15) is 57.9 Å². The zero-order valence-corrected chi connectivity index (χ0v) is 20.5. The molecule has 6 nitrogen and oxygen atoms in total. The number of rotatable bonds is 8. The number of halogens is 1. The first-order valence-corrected chi connectivity index (χ1v) is 11.2. The number of hydrogen-bond donors (Lipinski definition) is 2. The summed E-state index contributed by atoms with van der Waals surface area (Å²) in [5.41, 5.74) is 1.15. The Bertz CT molecular complexity index is 600. The predicted molar refractivity (Wildman–Crippen MR) is 133 cm³/mol. The zero-order valence-electron chi connectivity index (χ0n) is 18.2. The van der Waals surface area contributed by atoms with Gasteiger partial charge in [0.05, 0.1) is 6.54 Å². The van der Waals surface area contributed by atoms with E-state index in [1.165, 1.54) is 45.2 Å². The van der Waals surface area contributed by atoms with Gasteiger partial charge in [0.25, 0.3) is 0 Å². The molecule has 2 aliphatic heterocycles. The molecule has 0 bridgehead atoms. The predicted octanol–water partition coefficient (Wildman–Crippen LogP) is 3.62. The van der Waals surface area contributed by atoms with Crippen LogP contribution < -0.4 is 15.5 Å². The third-order valence-electron chi connectivity index (χ3n) is 5.86. The molecule has 0 radical (unpaired) electrons. The van der Waals surface area contributed by atoms with Gasteiger partial charge in [-0.3, -0.25) is 0 Å². The van der Waals surface area contributed by atoms with E-state index in [9.17, 15) is 0 Å². The molecular formula is C22H39IN6. The maximum Gasteiger partial charge on any atom is 0.191 e. The molecule has 0 amide bonds. The standard InChI is InChI=1S/C22H38N6.HI/c1-3-23-22(24-12-8-16-27-13-5-4-9-19(27)2)26-18-20-10-11-21(25-17-20)28-14-6-7-15-28;/h10-11,17,19H,3-9,12-16,18H2,1-2H3,(H2,23,24,26);1H. The van der Waals surface area contributed by atoms with Crippen molar-refractivity contribution in [1.29, 1.82) is 0 Å². The Labute approximate surface area is 194 Å². The van der Waals surface area contributed by atoms with E-state index < -0.39 is 0 Å². The summed E-state index contributed by atoms with van der Waals surface area (Å²) in [6.45, 7) is 11.7. The molecular weight excluding hydrogens is 475 g/mol. The molecule has 1 aromatic heterocycles. The van der Waals surface area contributed by atoms with E-state index in [2.05, 4.69) is 51.4 Å². The van der Waals surface area contributed by atoms with Gasteiger partial charge in [-0.2, -0.15) is 0 Å². The SMILES string of the molecule is CCNC(=NCc1ccc(N2CCCC2)nc1)NCCCN1CCCCC1C.I. The Morgan fingerprint density at radius 3 is 2.62 bits per heavy atom. The first-order chi connectivity index (χ1) is 13.8. The smallest absolute Gasteiger partial charge is 0.191 e. The van der Waals surface area contributed by atoms with E-state index in [-0.39, 0.29) is 24.0 Å². The minimum atomic E-state index is 0. The molecule has 2 N–H and O–H groups in total. The lowest BCUT2D eigenvalue weighted by Crippen LogP contribution is -2.41. The number of pyridine rings is 1. The number of guanidine groups is 1. The van der Waals surface area contributed by atoms with Crippen LogP contribution in [0.3, 0.4) is 0 Å². The van der Waals surface area contributed by atoms with Gasteiger partial charge in [0.1, 0.15) is 5.82 Å². The monoisotopic (exact) mass is 514 g/mol. The van der Waals surface area contributed by atoms with Crippen molar-refractivity contribution < 1.29 is 0 Å². The highest BCUT2D eigenvalue weighted by molar-refractivity contribution is 14.0. The lowest BCUT2D eigenvalue weighted by molar-refractivity contribution is 0.159. The number of nitrogens with one attached hydrogen (secondary N) is 2. The summed E-state index contributed by atoms with van der Waals surface area (Å²) in [7, 11) is 0. The van der Waals surface area contributed by atoms with Crippen molar-refractivity contribution in [3.8, 4) is 0 Å². The summed E-state index contributed by atoms with van der Waals surface area (Å²) in [6, 6.07) is 5.04. The summed E-state index contributed by atoms with van der Waals surface area (Å²) in [6.07, 6.45) is 9.78. The third-order valence-corrected chi connectivity index (χ3v) is 5.86. The molecule has 3 heterocycles. The highest BCUT2D eigenvalue weighted by Gasteiger charge is 2.17. The quantitative estimate of drug-likeness (QED) is 0.240. The minimum absolute atomic E-state index is 0. The molecule has 164 valence electrons. The molecule has 0 saturated carbocycles. The highest BCUT2D eigenvalue weighted by Crippen LogP contribution is 2.18. The van der Waals surface area contributed by atoms with Crippen molar-refractivity contribution in [2.75, 3.05) is 44.2 Å². The van der Waals surface area contributed by atoms with Crippen molar-refractivity contribution in [2.24, 2.45) is 4.99 Å². The maximum atomic E-state index is 4.74. The average Bonchev–Trinajstić information content (AvgIpc) is 3.26. The Balaban J connectivity index is 0.00000300. The number of likely N-dealkylation sites (tertiary alicyclic amines) is 1. The second-order valence-electron chi connectivity index (χ2n) is 8.08. The van der Waals surface area contributed by atoms with Gasteiger partial charge in [-0.05, 0) is 64.1 Å². The van der Waals surface area contributed by atoms with Gasteiger partial charge >= 0.3 is 0 Å². The normalized spacial score (nSPS) is 20.4. The Hall–Kier alpha value is -1.09. The number of aliphatic imine (C=N–C) groups is 1. The lowest BCUT2D eigenvalue weighted by Gasteiger charge is -2.33. The summed E-state index contributed by atoms with van der Waals surface area (Å²) >= 11 is 0. The van der Waals surface area contributed by atoms with E-state index in [1.807, 2.05) is 6.20 Å². The fourth-order valence-corrected chi connectivity index (χ4v) is 4.13. The van der Waals surface area contributed by atoms with Crippen molar-refractivity contribution in [1.82, 2.24) is 20.5 Å². The van der Waals surface area contributed by atoms with Crippen LogP contribution in [0.5, 0.6) is 0 Å². The lowest BCUT2D eigenvalue weighted by atomic mass is 10.0. The van der Waals surface area contributed by atoms with Gasteiger partial charge in [-0.15, -0.1) is 24.0 Å². The fourth-order valence-electron chi connectivity index (χ4n) is 4.13. The number of hydrogen-bond acceptors (Lipinski definition) is 4. The van der Waals surface area contributed by atoms with Gasteiger partial charge in [0.2, 0.25) is 0 Å². The van der Waals surface area contributed by atoms with Gasteiger partial charge in [0, 0.05) is 45.0 Å². The molecule has 1 aromatic rings. The summed E-state index contributed by atoms with van der Waals surface area (Å²) in [4.78, 5) is 14.4. The number of piperidine rings is 1. The van der Waals surface area contributed by atoms with Crippen LogP contribution in [-0.4, -0.2) is 61.2 Å². The average molecular weight is 515 g/mol. The number of aromatic nitrogens is 1. The Kier molecular flexibility index (Phi) is 11.1. The van der Waals surface area contributed by atoms with E-state index in [1.54, 1.807) is 0 Å².